The standard InChI is InChI=1S/C28H31BrClN3O5S/c1-5-31-28(35)20(3)32(17-21-8-6-7-9-25(21)30)27(34)18-33(22-12-10-19(2)11-13-22)39(36,37)23-14-15-26(38-4)24(29)16-23/h6-16,20H,5,17-18H2,1-4H3,(H,31,35)/t20-/m1/s1. The molecule has 0 spiro atoms. The maximum atomic E-state index is 13.9. The van der Waals surface area contributed by atoms with Crippen LogP contribution in [0.25, 0.3) is 0 Å². The van der Waals surface area contributed by atoms with E-state index in [-0.39, 0.29) is 17.3 Å². The molecule has 1 N–H and O–H groups in total. The van der Waals surface area contributed by atoms with E-state index in [4.69, 9.17) is 16.3 Å². The summed E-state index contributed by atoms with van der Waals surface area (Å²) in [6.45, 7) is 5.13. The van der Waals surface area contributed by atoms with Crippen LogP contribution in [-0.2, 0) is 26.2 Å². The first-order valence-electron chi connectivity index (χ1n) is 12.2. The minimum absolute atomic E-state index is 0.0205. The molecule has 0 radical (unpaired) electrons. The second-order valence-corrected chi connectivity index (χ2v) is 12.0. The van der Waals surface area contributed by atoms with Gasteiger partial charge in [0.25, 0.3) is 10.0 Å². The number of rotatable bonds is 11. The molecule has 0 aliphatic rings. The third-order valence-corrected chi connectivity index (χ3v) is 8.89. The Labute approximate surface area is 243 Å². The molecular weight excluding hydrogens is 606 g/mol. The lowest BCUT2D eigenvalue weighted by molar-refractivity contribution is -0.139. The van der Waals surface area contributed by atoms with Crippen molar-refractivity contribution in [2.45, 2.75) is 38.3 Å². The van der Waals surface area contributed by atoms with Crippen molar-refractivity contribution in [3.05, 3.63) is 87.4 Å². The van der Waals surface area contributed by atoms with E-state index in [0.29, 0.717) is 33.0 Å². The number of likely N-dealkylation sites (N-methyl/N-ethyl adjacent to an activating group) is 1. The van der Waals surface area contributed by atoms with Crippen LogP contribution < -0.4 is 14.4 Å². The second kappa shape index (κ2) is 13.3. The smallest absolute Gasteiger partial charge is 0.264 e. The molecule has 0 saturated carbocycles. The zero-order valence-electron chi connectivity index (χ0n) is 22.1. The number of sulfonamides is 1. The molecule has 3 aromatic rings. The van der Waals surface area contributed by atoms with Gasteiger partial charge in [-0.25, -0.2) is 8.42 Å². The van der Waals surface area contributed by atoms with E-state index < -0.39 is 28.5 Å². The number of methoxy groups -OCH3 is 1. The number of benzene rings is 3. The first-order chi connectivity index (χ1) is 18.5. The number of aryl methyl sites for hydroxylation is 1. The topological polar surface area (TPSA) is 96.0 Å². The van der Waals surface area contributed by atoms with Gasteiger partial charge in [-0.1, -0.05) is 47.5 Å². The van der Waals surface area contributed by atoms with Gasteiger partial charge in [0.05, 0.1) is 22.2 Å². The lowest BCUT2D eigenvalue weighted by Crippen LogP contribution is -2.51. The SMILES string of the molecule is CCNC(=O)[C@@H](C)N(Cc1ccccc1Cl)C(=O)CN(c1ccc(C)cc1)S(=O)(=O)c1ccc(OC)c(Br)c1. The molecule has 39 heavy (non-hydrogen) atoms. The molecule has 208 valence electrons. The normalized spacial score (nSPS) is 11.9. The van der Waals surface area contributed by atoms with E-state index in [1.807, 2.05) is 6.92 Å². The summed E-state index contributed by atoms with van der Waals surface area (Å²) in [6, 6.07) is 17.3. The monoisotopic (exact) mass is 635 g/mol. The number of carbonyl (C=O) groups is 2. The molecule has 3 aromatic carbocycles. The number of nitrogens with one attached hydrogen (secondary N) is 1. The highest BCUT2D eigenvalue weighted by atomic mass is 79.9. The lowest BCUT2D eigenvalue weighted by atomic mass is 10.1. The average molecular weight is 637 g/mol. The van der Waals surface area contributed by atoms with Crippen LogP contribution in [0.15, 0.2) is 76.1 Å². The Morgan fingerprint density at radius 3 is 2.33 bits per heavy atom. The van der Waals surface area contributed by atoms with Crippen molar-refractivity contribution in [3.8, 4) is 5.75 Å². The summed E-state index contributed by atoms with van der Waals surface area (Å²) >= 11 is 9.71. The summed E-state index contributed by atoms with van der Waals surface area (Å²) in [5, 5.41) is 3.17. The molecule has 8 nitrogen and oxygen atoms in total. The zero-order valence-corrected chi connectivity index (χ0v) is 25.3. The van der Waals surface area contributed by atoms with Crippen LogP contribution in [0.4, 0.5) is 5.69 Å². The maximum Gasteiger partial charge on any atom is 0.264 e. The Balaban J connectivity index is 2.06. The second-order valence-electron chi connectivity index (χ2n) is 8.83. The van der Waals surface area contributed by atoms with Gasteiger partial charge in [0.15, 0.2) is 0 Å². The molecule has 1 atom stereocenters. The first kappa shape index (κ1) is 30.5. The predicted octanol–water partition coefficient (Wildman–Crippen LogP) is 5.17. The highest BCUT2D eigenvalue weighted by Crippen LogP contribution is 2.31. The van der Waals surface area contributed by atoms with Gasteiger partial charge in [-0.3, -0.25) is 13.9 Å². The van der Waals surface area contributed by atoms with Gasteiger partial charge in [0, 0.05) is 18.1 Å². The van der Waals surface area contributed by atoms with Crippen LogP contribution in [0.5, 0.6) is 5.75 Å². The van der Waals surface area contributed by atoms with E-state index in [1.165, 1.54) is 30.2 Å². The van der Waals surface area contributed by atoms with E-state index >= 15 is 0 Å². The van der Waals surface area contributed by atoms with Gasteiger partial charge in [0.1, 0.15) is 18.3 Å². The van der Waals surface area contributed by atoms with Crippen LogP contribution in [0.2, 0.25) is 5.02 Å². The fourth-order valence-electron chi connectivity index (χ4n) is 3.89. The summed E-state index contributed by atoms with van der Waals surface area (Å²) < 4.78 is 34.6. The Hall–Kier alpha value is -3.08. The van der Waals surface area contributed by atoms with Gasteiger partial charge in [0.2, 0.25) is 11.8 Å². The van der Waals surface area contributed by atoms with Crippen LogP contribution in [-0.4, -0.2) is 51.4 Å². The van der Waals surface area contributed by atoms with Gasteiger partial charge in [-0.05, 0) is 78.7 Å². The van der Waals surface area contributed by atoms with E-state index in [0.717, 1.165) is 9.87 Å². The third kappa shape index (κ3) is 7.32. The minimum Gasteiger partial charge on any atom is -0.496 e. The Bertz CT molecular complexity index is 1430. The van der Waals surface area contributed by atoms with Crippen molar-refractivity contribution in [2.75, 3.05) is 24.5 Å². The van der Waals surface area contributed by atoms with Crippen molar-refractivity contribution >= 4 is 55.1 Å². The van der Waals surface area contributed by atoms with Gasteiger partial charge < -0.3 is 15.0 Å². The van der Waals surface area contributed by atoms with Crippen LogP contribution in [0, 0.1) is 6.92 Å². The average Bonchev–Trinajstić information content (AvgIpc) is 2.91. The molecule has 0 fully saturated rings. The number of anilines is 1. The van der Waals surface area contributed by atoms with Crippen molar-refractivity contribution in [1.82, 2.24) is 10.2 Å². The van der Waals surface area contributed by atoms with Gasteiger partial charge >= 0.3 is 0 Å². The summed E-state index contributed by atoms with van der Waals surface area (Å²) in [5.41, 5.74) is 1.87. The van der Waals surface area contributed by atoms with Gasteiger partial charge in [-0.15, -0.1) is 0 Å². The maximum absolute atomic E-state index is 13.9. The first-order valence-corrected chi connectivity index (χ1v) is 14.8. The molecule has 3 rings (SSSR count). The number of nitrogens with zero attached hydrogens (tertiary/aromatic N) is 2. The largest absolute Gasteiger partial charge is 0.496 e. The van der Waals surface area contributed by atoms with Crippen molar-refractivity contribution in [2.24, 2.45) is 0 Å². The van der Waals surface area contributed by atoms with Crippen LogP contribution in [0.1, 0.15) is 25.0 Å². The molecule has 11 heteroatoms. The predicted molar refractivity (Wildman–Crippen MR) is 157 cm³/mol. The fraction of sp³-hybridized carbons (Fsp3) is 0.286. The van der Waals surface area contributed by atoms with Crippen molar-refractivity contribution in [1.29, 1.82) is 0 Å². The quantitative estimate of drug-likeness (QED) is 0.314. The molecule has 0 aromatic heterocycles. The zero-order chi connectivity index (χ0) is 28.7. The van der Waals surface area contributed by atoms with Crippen LogP contribution >= 0.6 is 27.5 Å². The summed E-state index contributed by atoms with van der Waals surface area (Å²) in [7, 11) is -2.73. The Morgan fingerprint density at radius 2 is 1.74 bits per heavy atom. The molecule has 0 bridgehead atoms. The lowest BCUT2D eigenvalue weighted by Gasteiger charge is -2.32. The number of carbonyl (C=O) groups excluding carboxylic acids is 2. The number of ether oxygens (including phenoxy) is 1. The summed E-state index contributed by atoms with van der Waals surface area (Å²) in [4.78, 5) is 28.0. The molecule has 0 aliphatic carbocycles. The molecule has 0 heterocycles. The third-order valence-electron chi connectivity index (χ3n) is 6.13. The molecule has 2 amide bonds. The highest BCUT2D eigenvalue weighted by molar-refractivity contribution is 9.10. The summed E-state index contributed by atoms with van der Waals surface area (Å²) in [6.07, 6.45) is 0. The summed E-state index contributed by atoms with van der Waals surface area (Å²) in [5.74, 6) is -0.458. The van der Waals surface area contributed by atoms with Crippen LogP contribution in [0.3, 0.4) is 0 Å². The molecule has 0 unspecified atom stereocenters. The molecule has 0 saturated heterocycles. The van der Waals surface area contributed by atoms with Crippen molar-refractivity contribution < 1.29 is 22.7 Å². The number of hydrogen-bond donors (Lipinski definition) is 1. The Morgan fingerprint density at radius 1 is 1.08 bits per heavy atom. The van der Waals surface area contributed by atoms with E-state index in [9.17, 15) is 18.0 Å². The van der Waals surface area contributed by atoms with Gasteiger partial charge in [-0.2, -0.15) is 0 Å². The minimum atomic E-state index is -4.21. The number of halogens is 2. The number of amides is 2. The fourth-order valence-corrected chi connectivity index (χ4v) is 6.22. The highest BCUT2D eigenvalue weighted by Gasteiger charge is 2.33. The number of hydrogen-bond acceptors (Lipinski definition) is 5. The molecular formula is C28H31BrClN3O5S. The van der Waals surface area contributed by atoms with Crippen molar-refractivity contribution in [3.63, 3.8) is 0 Å². The van der Waals surface area contributed by atoms with E-state index in [1.54, 1.807) is 62.4 Å². The van der Waals surface area contributed by atoms with E-state index in [2.05, 4.69) is 21.2 Å². The molecule has 0 aliphatic heterocycles. The Kier molecular flexibility index (Phi) is 10.4.